The van der Waals surface area contributed by atoms with Crippen LogP contribution in [0.15, 0.2) is 46.8 Å². The van der Waals surface area contributed by atoms with Crippen LogP contribution in [0.5, 0.6) is 0 Å². The Labute approximate surface area is 213 Å². The van der Waals surface area contributed by atoms with Crippen LogP contribution in [0.3, 0.4) is 0 Å². The molecule has 0 spiro atoms. The molecule has 36 heavy (non-hydrogen) atoms. The maximum Gasteiger partial charge on any atom is 0.302 e. The Kier molecular flexibility index (Phi) is 5.52. The van der Waals surface area contributed by atoms with E-state index in [9.17, 15) is 14.4 Å². The summed E-state index contributed by atoms with van der Waals surface area (Å²) in [7, 11) is 0. The summed E-state index contributed by atoms with van der Waals surface area (Å²) in [5.74, 6) is -0.631. The molecule has 5 rings (SSSR count). The van der Waals surface area contributed by atoms with Gasteiger partial charge in [-0.05, 0) is 59.6 Å². The highest BCUT2D eigenvalue weighted by molar-refractivity contribution is 5.95. The summed E-state index contributed by atoms with van der Waals surface area (Å²) in [6.07, 6.45) is 10.8. The van der Waals surface area contributed by atoms with Crippen molar-refractivity contribution < 1.29 is 28.3 Å². The van der Waals surface area contributed by atoms with E-state index in [1.165, 1.54) is 19.4 Å². The average Bonchev–Trinajstić information content (AvgIpc) is 3.39. The maximum absolute atomic E-state index is 13.0. The molecule has 0 saturated heterocycles. The van der Waals surface area contributed by atoms with Crippen LogP contribution >= 0.6 is 0 Å². The van der Waals surface area contributed by atoms with Gasteiger partial charge in [-0.3, -0.25) is 14.4 Å². The van der Waals surface area contributed by atoms with Gasteiger partial charge in [0.1, 0.15) is 12.2 Å². The number of ether oxygens (including phenoxy) is 2. The van der Waals surface area contributed by atoms with Gasteiger partial charge in [-0.25, -0.2) is 0 Å². The number of rotatable bonds is 3. The molecule has 0 bridgehead atoms. The zero-order chi connectivity index (χ0) is 26.3. The lowest BCUT2D eigenvalue weighted by Gasteiger charge is -2.67. The normalized spacial score (nSPS) is 42.6. The summed E-state index contributed by atoms with van der Waals surface area (Å²) in [6, 6.07) is 2.02. The van der Waals surface area contributed by atoms with Crippen LogP contribution in [0.4, 0.5) is 0 Å². The molecule has 0 radical (unpaired) electrons. The van der Waals surface area contributed by atoms with Crippen molar-refractivity contribution in [1.29, 1.82) is 0 Å². The van der Waals surface area contributed by atoms with Gasteiger partial charge in [-0.2, -0.15) is 0 Å². The van der Waals surface area contributed by atoms with E-state index in [4.69, 9.17) is 13.9 Å². The second-order valence-corrected chi connectivity index (χ2v) is 12.7. The molecule has 8 unspecified atom stereocenters. The van der Waals surface area contributed by atoms with E-state index in [0.717, 1.165) is 12.0 Å². The second kappa shape index (κ2) is 7.93. The van der Waals surface area contributed by atoms with Gasteiger partial charge in [0, 0.05) is 30.6 Å². The minimum Gasteiger partial charge on any atom is -0.472 e. The van der Waals surface area contributed by atoms with Crippen molar-refractivity contribution in [3.63, 3.8) is 0 Å². The van der Waals surface area contributed by atoms with Gasteiger partial charge < -0.3 is 13.9 Å². The second-order valence-electron chi connectivity index (χ2n) is 12.7. The van der Waals surface area contributed by atoms with Crippen molar-refractivity contribution in [2.75, 3.05) is 0 Å². The molecule has 8 atom stereocenters. The van der Waals surface area contributed by atoms with Crippen LogP contribution in [0.1, 0.15) is 79.2 Å². The Morgan fingerprint density at radius 1 is 1.06 bits per heavy atom. The van der Waals surface area contributed by atoms with Gasteiger partial charge >= 0.3 is 11.9 Å². The molecule has 1 aromatic rings. The third-order valence-electron chi connectivity index (χ3n) is 10.4. The zero-order valence-electron chi connectivity index (χ0n) is 22.4. The number of hydrogen-bond acceptors (Lipinski definition) is 6. The van der Waals surface area contributed by atoms with E-state index in [1.54, 1.807) is 12.3 Å². The minimum absolute atomic E-state index is 0.0704. The molecule has 4 aliphatic rings. The molecule has 0 N–H and O–H groups in total. The standard InChI is InChI=1S/C30H38O6/c1-17(31)35-21-15-29(6)20(19-11-13-34-16-19)8-9-22(29)30(7)25(36-18(2)32)14-23-27(3,4)24(33)10-12-28(23,5)26(21)30/h9-13,16,20-21,23,25-26H,8,14-15H2,1-7H3. The SMILES string of the molecule is CC(=O)OC1CC2(C)C(=CCC2c2ccoc2)C2(C)C(OC(C)=O)CC3C(C)(C)C(=O)C=CC3(C)C12. The van der Waals surface area contributed by atoms with Crippen molar-refractivity contribution in [2.24, 2.45) is 33.5 Å². The maximum atomic E-state index is 13.0. The zero-order valence-corrected chi connectivity index (χ0v) is 22.4. The molecule has 6 heteroatoms. The average molecular weight is 495 g/mol. The summed E-state index contributed by atoms with van der Waals surface area (Å²) in [4.78, 5) is 38.0. The minimum atomic E-state index is -0.631. The summed E-state index contributed by atoms with van der Waals surface area (Å²) in [6.45, 7) is 13.6. The highest BCUT2D eigenvalue weighted by Gasteiger charge is 2.71. The lowest BCUT2D eigenvalue weighted by atomic mass is 9.38. The Morgan fingerprint density at radius 2 is 1.75 bits per heavy atom. The predicted octanol–water partition coefficient (Wildman–Crippen LogP) is 5.78. The molecule has 0 amide bonds. The van der Waals surface area contributed by atoms with Crippen molar-refractivity contribution in [3.8, 4) is 0 Å². The molecule has 0 aromatic carbocycles. The van der Waals surface area contributed by atoms with E-state index < -0.39 is 28.5 Å². The third-order valence-corrected chi connectivity index (χ3v) is 10.4. The van der Waals surface area contributed by atoms with E-state index in [0.29, 0.717) is 12.8 Å². The quantitative estimate of drug-likeness (QED) is 0.391. The van der Waals surface area contributed by atoms with E-state index in [2.05, 4.69) is 32.9 Å². The monoisotopic (exact) mass is 494 g/mol. The van der Waals surface area contributed by atoms with Crippen LogP contribution in [-0.4, -0.2) is 29.9 Å². The Morgan fingerprint density at radius 3 is 2.36 bits per heavy atom. The summed E-state index contributed by atoms with van der Waals surface area (Å²) < 4.78 is 17.8. The van der Waals surface area contributed by atoms with Crippen LogP contribution < -0.4 is 0 Å². The number of ketones is 1. The number of fused-ring (bicyclic) bond motifs is 5. The molecule has 0 aliphatic heterocycles. The van der Waals surface area contributed by atoms with Gasteiger partial charge in [0.15, 0.2) is 5.78 Å². The molecule has 194 valence electrons. The molecular formula is C30H38O6. The molecule has 1 aromatic heterocycles. The van der Waals surface area contributed by atoms with Gasteiger partial charge in [-0.15, -0.1) is 0 Å². The van der Waals surface area contributed by atoms with Crippen LogP contribution in [-0.2, 0) is 23.9 Å². The number of esters is 2. The molecule has 2 saturated carbocycles. The smallest absolute Gasteiger partial charge is 0.302 e. The van der Waals surface area contributed by atoms with E-state index >= 15 is 0 Å². The fraction of sp³-hybridized carbons (Fsp3) is 0.633. The van der Waals surface area contributed by atoms with Crippen molar-refractivity contribution >= 4 is 17.7 Å². The molecular weight excluding hydrogens is 456 g/mol. The first kappa shape index (κ1) is 25.0. The van der Waals surface area contributed by atoms with Gasteiger partial charge in [-0.1, -0.05) is 52.3 Å². The first-order chi connectivity index (χ1) is 16.8. The highest BCUT2D eigenvalue weighted by atomic mass is 16.6. The number of allylic oxidation sites excluding steroid dienone is 3. The van der Waals surface area contributed by atoms with Gasteiger partial charge in [0.05, 0.1) is 12.5 Å². The number of hydrogen-bond donors (Lipinski definition) is 0. The van der Waals surface area contributed by atoms with Gasteiger partial charge in [0.25, 0.3) is 0 Å². The Balaban J connectivity index is 1.73. The summed E-state index contributed by atoms with van der Waals surface area (Å²) in [5, 5.41) is 0. The molecule has 2 fully saturated rings. The molecule has 1 heterocycles. The fourth-order valence-corrected chi connectivity index (χ4v) is 9.05. The van der Waals surface area contributed by atoms with Gasteiger partial charge in [0.2, 0.25) is 0 Å². The van der Waals surface area contributed by atoms with Crippen molar-refractivity contribution in [2.45, 2.75) is 85.9 Å². The first-order valence-electron chi connectivity index (χ1n) is 13.1. The first-order valence-corrected chi connectivity index (χ1v) is 13.1. The highest BCUT2D eigenvalue weighted by Crippen LogP contribution is 2.73. The fourth-order valence-electron chi connectivity index (χ4n) is 9.05. The third kappa shape index (κ3) is 3.25. The largest absolute Gasteiger partial charge is 0.472 e. The predicted molar refractivity (Wildman–Crippen MR) is 134 cm³/mol. The van der Waals surface area contributed by atoms with Crippen LogP contribution in [0.25, 0.3) is 0 Å². The Bertz CT molecular complexity index is 1160. The molecule has 6 nitrogen and oxygen atoms in total. The lowest BCUT2D eigenvalue weighted by Crippen LogP contribution is -2.68. The topological polar surface area (TPSA) is 82.8 Å². The molecule has 4 aliphatic carbocycles. The van der Waals surface area contributed by atoms with Crippen LogP contribution in [0, 0.1) is 33.5 Å². The number of carbonyl (C=O) groups is 3. The Hall–Kier alpha value is -2.63. The summed E-state index contributed by atoms with van der Waals surface area (Å²) >= 11 is 0. The van der Waals surface area contributed by atoms with E-state index in [-0.39, 0.29) is 40.9 Å². The summed E-state index contributed by atoms with van der Waals surface area (Å²) in [5.41, 5.74) is 0.445. The number of furan rings is 1. The van der Waals surface area contributed by atoms with Crippen molar-refractivity contribution in [3.05, 3.63) is 48.0 Å². The van der Waals surface area contributed by atoms with Crippen molar-refractivity contribution in [1.82, 2.24) is 0 Å². The lowest BCUT2D eigenvalue weighted by molar-refractivity contribution is -0.216. The van der Waals surface area contributed by atoms with E-state index in [1.807, 2.05) is 26.2 Å². The number of carbonyl (C=O) groups excluding carboxylic acids is 3. The van der Waals surface area contributed by atoms with Crippen LogP contribution in [0.2, 0.25) is 0 Å².